The van der Waals surface area contributed by atoms with Crippen molar-refractivity contribution in [2.45, 2.75) is 39.6 Å². The van der Waals surface area contributed by atoms with E-state index < -0.39 is 18.9 Å². The second kappa shape index (κ2) is 20.7. The smallest absolute Gasteiger partial charge is 0.151 e. The fourth-order valence-corrected chi connectivity index (χ4v) is 0. The molecular formula is C9H24FeO6. The summed E-state index contributed by atoms with van der Waals surface area (Å²) in [6.45, 7) is 4.67. The molecule has 0 spiro atoms. The zero-order valence-corrected chi connectivity index (χ0v) is 11.8. The summed E-state index contributed by atoms with van der Waals surface area (Å²) >= 11 is 0. The standard InChI is InChI=1S/3C3H8O2.Fe/c3*1-3(4)5-2;/h3*3-4H,1-2H3;. The molecule has 0 aromatic rings. The van der Waals surface area contributed by atoms with Crippen molar-refractivity contribution in [2.75, 3.05) is 21.3 Å². The summed E-state index contributed by atoms with van der Waals surface area (Å²) in [6, 6.07) is 0. The Balaban J connectivity index is -0.0000000655. The van der Waals surface area contributed by atoms with Crippen LogP contribution in [0.1, 0.15) is 20.8 Å². The van der Waals surface area contributed by atoms with Crippen LogP contribution in [0.15, 0.2) is 0 Å². The SMILES string of the molecule is COC(C)O.COC(C)O.COC(C)O.[Fe]. The van der Waals surface area contributed by atoms with Gasteiger partial charge in [0.15, 0.2) is 18.9 Å². The first-order valence-corrected chi connectivity index (χ1v) is 4.44. The minimum atomic E-state index is -0.616. The zero-order chi connectivity index (χ0) is 12.9. The van der Waals surface area contributed by atoms with Crippen molar-refractivity contribution in [3.05, 3.63) is 0 Å². The maximum atomic E-state index is 8.14. The molecule has 0 aromatic carbocycles. The Morgan fingerprint density at radius 2 is 0.688 bits per heavy atom. The summed E-state index contributed by atoms with van der Waals surface area (Å²) in [5.74, 6) is 0. The third-order valence-electron chi connectivity index (χ3n) is 1.02. The van der Waals surface area contributed by atoms with Crippen LogP contribution in [0.25, 0.3) is 0 Å². The predicted molar refractivity (Wildman–Crippen MR) is 56.1 cm³/mol. The summed E-state index contributed by atoms with van der Waals surface area (Å²) in [4.78, 5) is 0. The van der Waals surface area contributed by atoms with Gasteiger partial charge in [-0.25, -0.2) is 0 Å². The van der Waals surface area contributed by atoms with Crippen LogP contribution in [0.2, 0.25) is 0 Å². The Bertz CT molecular complexity index is 81.0. The van der Waals surface area contributed by atoms with Gasteiger partial charge in [0.25, 0.3) is 0 Å². The Hall–Kier alpha value is 0.279. The zero-order valence-electron chi connectivity index (χ0n) is 10.7. The van der Waals surface area contributed by atoms with E-state index in [2.05, 4.69) is 14.2 Å². The Labute approximate surface area is 108 Å². The summed E-state index contributed by atoms with van der Waals surface area (Å²) in [5.41, 5.74) is 0. The van der Waals surface area contributed by atoms with Crippen LogP contribution in [0.5, 0.6) is 0 Å². The number of hydrogen-bond donors (Lipinski definition) is 3. The van der Waals surface area contributed by atoms with E-state index in [0.29, 0.717) is 0 Å². The molecule has 0 aliphatic carbocycles. The number of rotatable bonds is 3. The molecule has 3 unspecified atom stereocenters. The molecule has 3 atom stereocenters. The molecule has 7 heteroatoms. The molecule has 0 aliphatic heterocycles. The van der Waals surface area contributed by atoms with Gasteiger partial charge < -0.3 is 29.5 Å². The summed E-state index contributed by atoms with van der Waals surface area (Å²) < 4.78 is 12.9. The van der Waals surface area contributed by atoms with Crippen LogP contribution in [0.3, 0.4) is 0 Å². The molecule has 104 valence electrons. The molecule has 3 N–H and O–H groups in total. The van der Waals surface area contributed by atoms with Gasteiger partial charge in [0.05, 0.1) is 0 Å². The quantitative estimate of drug-likeness (QED) is 0.496. The van der Waals surface area contributed by atoms with Gasteiger partial charge in [-0.2, -0.15) is 0 Å². The molecule has 0 fully saturated rings. The average molecular weight is 284 g/mol. The van der Waals surface area contributed by atoms with E-state index in [4.69, 9.17) is 15.3 Å². The van der Waals surface area contributed by atoms with Gasteiger partial charge in [-0.1, -0.05) is 0 Å². The molecule has 0 amide bonds. The van der Waals surface area contributed by atoms with Gasteiger partial charge in [0, 0.05) is 38.4 Å². The van der Waals surface area contributed by atoms with Crippen molar-refractivity contribution < 1.29 is 46.6 Å². The number of aliphatic hydroxyl groups is 3. The maximum absolute atomic E-state index is 8.14. The van der Waals surface area contributed by atoms with Gasteiger partial charge in [0.2, 0.25) is 0 Å². The summed E-state index contributed by atoms with van der Waals surface area (Å²) in [6.07, 6.45) is -1.85. The first kappa shape index (κ1) is 25.2. The van der Waals surface area contributed by atoms with Crippen molar-refractivity contribution >= 4 is 0 Å². The van der Waals surface area contributed by atoms with Gasteiger partial charge >= 0.3 is 0 Å². The number of ether oxygens (including phenoxy) is 3. The van der Waals surface area contributed by atoms with Crippen molar-refractivity contribution in [3.8, 4) is 0 Å². The van der Waals surface area contributed by atoms with Crippen LogP contribution in [-0.2, 0) is 31.3 Å². The topological polar surface area (TPSA) is 88.4 Å². The minimum absolute atomic E-state index is 0. The third kappa shape index (κ3) is 63.9. The van der Waals surface area contributed by atoms with E-state index in [0.717, 1.165) is 0 Å². The largest absolute Gasteiger partial charge is 0.368 e. The second-order valence-electron chi connectivity index (χ2n) is 2.51. The van der Waals surface area contributed by atoms with Gasteiger partial charge in [-0.15, -0.1) is 0 Å². The average Bonchev–Trinajstić information content (AvgIpc) is 2.19. The molecule has 0 bridgehead atoms. The second-order valence-corrected chi connectivity index (χ2v) is 2.51. The van der Waals surface area contributed by atoms with Crippen LogP contribution < -0.4 is 0 Å². The fraction of sp³-hybridized carbons (Fsp3) is 1.00. The van der Waals surface area contributed by atoms with Gasteiger partial charge in [-0.05, 0) is 20.8 Å². The van der Waals surface area contributed by atoms with E-state index in [9.17, 15) is 0 Å². The molecule has 0 aromatic heterocycles. The molecule has 0 saturated heterocycles. The molecule has 0 heterocycles. The van der Waals surface area contributed by atoms with E-state index >= 15 is 0 Å². The minimum Gasteiger partial charge on any atom is -0.368 e. The van der Waals surface area contributed by atoms with Crippen molar-refractivity contribution in [3.63, 3.8) is 0 Å². The van der Waals surface area contributed by atoms with Crippen LogP contribution >= 0.6 is 0 Å². The van der Waals surface area contributed by atoms with Crippen molar-refractivity contribution in [2.24, 2.45) is 0 Å². The molecule has 6 nitrogen and oxygen atoms in total. The normalized spacial score (nSPS) is 14.1. The number of aliphatic hydroxyl groups excluding tert-OH is 3. The van der Waals surface area contributed by atoms with Gasteiger partial charge in [0.1, 0.15) is 0 Å². The van der Waals surface area contributed by atoms with Crippen LogP contribution in [-0.4, -0.2) is 55.5 Å². The Kier molecular flexibility index (Phi) is 32.6. The molecule has 0 saturated carbocycles. The number of methoxy groups -OCH3 is 3. The summed E-state index contributed by atoms with van der Waals surface area (Å²) in [5, 5.41) is 24.4. The fourth-order valence-electron chi connectivity index (χ4n) is 0. The first-order chi connectivity index (χ1) is 6.81. The predicted octanol–water partition coefficient (Wildman–Crippen LogP) is -0.0892. The molecule has 0 radical (unpaired) electrons. The summed E-state index contributed by atoms with van der Waals surface area (Å²) in [7, 11) is 4.35. The molecule has 0 aliphatic rings. The van der Waals surface area contributed by atoms with Crippen molar-refractivity contribution in [1.29, 1.82) is 0 Å². The van der Waals surface area contributed by atoms with Gasteiger partial charge in [-0.3, -0.25) is 0 Å². The van der Waals surface area contributed by atoms with E-state index in [1.54, 1.807) is 20.8 Å². The number of hydrogen-bond acceptors (Lipinski definition) is 6. The molecule has 0 rings (SSSR count). The Morgan fingerprint density at radius 3 is 0.688 bits per heavy atom. The van der Waals surface area contributed by atoms with E-state index in [-0.39, 0.29) is 17.1 Å². The van der Waals surface area contributed by atoms with Crippen LogP contribution in [0.4, 0.5) is 0 Å². The third-order valence-corrected chi connectivity index (χ3v) is 1.02. The van der Waals surface area contributed by atoms with Crippen LogP contribution in [0, 0.1) is 0 Å². The molecular weight excluding hydrogens is 260 g/mol. The molecule has 16 heavy (non-hydrogen) atoms. The maximum Gasteiger partial charge on any atom is 0.151 e. The Morgan fingerprint density at radius 1 is 0.625 bits per heavy atom. The van der Waals surface area contributed by atoms with E-state index in [1.807, 2.05) is 0 Å². The van der Waals surface area contributed by atoms with Crippen molar-refractivity contribution in [1.82, 2.24) is 0 Å². The first-order valence-electron chi connectivity index (χ1n) is 4.44. The van der Waals surface area contributed by atoms with E-state index in [1.165, 1.54) is 21.3 Å². The monoisotopic (exact) mass is 284 g/mol.